The fourth-order valence-corrected chi connectivity index (χ4v) is 1.11. The first-order chi connectivity index (χ1) is 6.75. The van der Waals surface area contributed by atoms with Gasteiger partial charge in [0.05, 0.1) is 5.69 Å². The van der Waals surface area contributed by atoms with E-state index in [-0.39, 0.29) is 5.69 Å². The van der Waals surface area contributed by atoms with Gasteiger partial charge in [-0.1, -0.05) is 12.1 Å². The minimum Gasteiger partial charge on any atom is -0.383 e. The second-order valence-corrected chi connectivity index (χ2v) is 2.96. The molecule has 3 heteroatoms. The summed E-state index contributed by atoms with van der Waals surface area (Å²) in [4.78, 5) is 0. The summed E-state index contributed by atoms with van der Waals surface area (Å²) in [6, 6.07) is 4.10. The van der Waals surface area contributed by atoms with E-state index in [2.05, 4.69) is 11.9 Å². The Labute approximate surface area is 82.4 Å². The van der Waals surface area contributed by atoms with Crippen LogP contribution in [0.4, 0.5) is 14.5 Å². The highest BCUT2D eigenvalue weighted by molar-refractivity contribution is 5.44. The van der Waals surface area contributed by atoms with Crippen molar-refractivity contribution < 1.29 is 8.78 Å². The van der Waals surface area contributed by atoms with Gasteiger partial charge in [-0.15, -0.1) is 6.58 Å². The van der Waals surface area contributed by atoms with Gasteiger partial charge in [-0.25, -0.2) is 8.78 Å². The molecule has 1 aromatic rings. The third-order valence-corrected chi connectivity index (χ3v) is 1.85. The molecule has 0 saturated carbocycles. The number of allylic oxidation sites excluding steroid dienone is 1. The van der Waals surface area contributed by atoms with Crippen molar-refractivity contribution in [3.05, 3.63) is 42.5 Å². The summed E-state index contributed by atoms with van der Waals surface area (Å²) in [6.07, 6.45) is 3.52. The van der Waals surface area contributed by atoms with Crippen molar-refractivity contribution in [3.8, 4) is 0 Å². The lowest BCUT2D eigenvalue weighted by Gasteiger charge is -2.06. The van der Waals surface area contributed by atoms with Gasteiger partial charge in [-0.05, 0) is 25.0 Å². The lowest BCUT2D eigenvalue weighted by atomic mass is 10.2. The van der Waals surface area contributed by atoms with E-state index >= 15 is 0 Å². The van der Waals surface area contributed by atoms with Crippen molar-refractivity contribution in [2.75, 3.05) is 11.9 Å². The molecule has 1 nitrogen and oxygen atoms in total. The quantitative estimate of drug-likeness (QED) is 0.564. The van der Waals surface area contributed by atoms with Crippen LogP contribution in [0.25, 0.3) is 0 Å². The molecular weight excluding hydrogens is 184 g/mol. The van der Waals surface area contributed by atoms with Crippen molar-refractivity contribution in [2.45, 2.75) is 12.8 Å². The van der Waals surface area contributed by atoms with Gasteiger partial charge in [0.2, 0.25) is 0 Å². The number of unbranched alkanes of at least 4 members (excludes halogenated alkanes) is 1. The highest BCUT2D eigenvalue weighted by Gasteiger charge is 2.05. The van der Waals surface area contributed by atoms with E-state index in [1.54, 1.807) is 6.08 Å². The van der Waals surface area contributed by atoms with Gasteiger partial charge in [0.25, 0.3) is 0 Å². The van der Waals surface area contributed by atoms with Crippen LogP contribution >= 0.6 is 0 Å². The zero-order chi connectivity index (χ0) is 10.4. The van der Waals surface area contributed by atoms with Crippen molar-refractivity contribution in [2.24, 2.45) is 0 Å². The molecule has 1 aromatic carbocycles. The average molecular weight is 197 g/mol. The summed E-state index contributed by atoms with van der Waals surface area (Å²) in [6.45, 7) is 4.19. The van der Waals surface area contributed by atoms with E-state index < -0.39 is 11.6 Å². The fourth-order valence-electron chi connectivity index (χ4n) is 1.11. The number of benzene rings is 1. The summed E-state index contributed by atoms with van der Waals surface area (Å²) in [5, 5.41) is 2.83. The van der Waals surface area contributed by atoms with Gasteiger partial charge < -0.3 is 5.32 Å². The lowest BCUT2D eigenvalue weighted by molar-refractivity contribution is 0.511. The number of nitrogens with one attached hydrogen (secondary N) is 1. The minimum atomic E-state index is -0.821. The zero-order valence-electron chi connectivity index (χ0n) is 7.89. The highest BCUT2D eigenvalue weighted by atomic mass is 19.2. The Morgan fingerprint density at radius 1 is 1.36 bits per heavy atom. The van der Waals surface area contributed by atoms with E-state index in [1.165, 1.54) is 12.1 Å². The van der Waals surface area contributed by atoms with Crippen LogP contribution in [0.5, 0.6) is 0 Å². The molecule has 76 valence electrons. The van der Waals surface area contributed by atoms with Gasteiger partial charge in [-0.3, -0.25) is 0 Å². The summed E-state index contributed by atoms with van der Waals surface area (Å²) >= 11 is 0. The molecule has 0 aliphatic heterocycles. The van der Waals surface area contributed by atoms with Crippen LogP contribution in [0, 0.1) is 11.6 Å². The summed E-state index contributed by atoms with van der Waals surface area (Å²) in [7, 11) is 0. The standard InChI is InChI=1S/C11H13F2N/c1-2-3-4-8-14-10-7-5-6-9(12)11(10)13/h2,5-7,14H,1,3-4,8H2. The number of rotatable bonds is 5. The van der Waals surface area contributed by atoms with Crippen LogP contribution in [0.3, 0.4) is 0 Å². The monoisotopic (exact) mass is 197 g/mol. The smallest absolute Gasteiger partial charge is 0.181 e. The third-order valence-electron chi connectivity index (χ3n) is 1.85. The number of halogens is 2. The molecular formula is C11H13F2N. The van der Waals surface area contributed by atoms with Crippen LogP contribution < -0.4 is 5.32 Å². The topological polar surface area (TPSA) is 12.0 Å². The number of anilines is 1. The van der Waals surface area contributed by atoms with Gasteiger partial charge in [0, 0.05) is 6.54 Å². The van der Waals surface area contributed by atoms with Gasteiger partial charge >= 0.3 is 0 Å². The lowest BCUT2D eigenvalue weighted by Crippen LogP contribution is -2.03. The zero-order valence-corrected chi connectivity index (χ0v) is 7.89. The molecule has 0 aromatic heterocycles. The predicted molar refractivity (Wildman–Crippen MR) is 54.3 cm³/mol. The second kappa shape index (κ2) is 5.37. The molecule has 0 amide bonds. The molecule has 0 spiro atoms. The van der Waals surface area contributed by atoms with Gasteiger partial charge in [-0.2, -0.15) is 0 Å². The molecule has 1 N–H and O–H groups in total. The van der Waals surface area contributed by atoms with Crippen molar-refractivity contribution in [3.63, 3.8) is 0 Å². The molecule has 0 aliphatic rings. The van der Waals surface area contributed by atoms with Gasteiger partial charge in [0.1, 0.15) is 0 Å². The predicted octanol–water partition coefficient (Wildman–Crippen LogP) is 3.34. The largest absolute Gasteiger partial charge is 0.383 e. The van der Waals surface area contributed by atoms with Crippen LogP contribution in [0.15, 0.2) is 30.9 Å². The Hall–Kier alpha value is -1.38. The maximum Gasteiger partial charge on any atom is 0.181 e. The van der Waals surface area contributed by atoms with Gasteiger partial charge in [0.15, 0.2) is 11.6 Å². The molecule has 0 radical (unpaired) electrons. The summed E-state index contributed by atoms with van der Waals surface area (Å²) < 4.78 is 25.8. The van der Waals surface area contributed by atoms with Crippen LogP contribution in [-0.4, -0.2) is 6.54 Å². The first-order valence-electron chi connectivity index (χ1n) is 4.54. The molecule has 0 atom stereocenters. The molecule has 0 aliphatic carbocycles. The number of hydrogen-bond acceptors (Lipinski definition) is 1. The Morgan fingerprint density at radius 2 is 2.14 bits per heavy atom. The first-order valence-corrected chi connectivity index (χ1v) is 4.54. The van der Waals surface area contributed by atoms with E-state index in [0.29, 0.717) is 6.54 Å². The molecule has 0 heterocycles. The molecule has 0 saturated heterocycles. The fraction of sp³-hybridized carbons (Fsp3) is 0.273. The average Bonchev–Trinajstić information content (AvgIpc) is 2.19. The summed E-state index contributed by atoms with van der Waals surface area (Å²) in [5.74, 6) is -1.63. The molecule has 0 unspecified atom stereocenters. The maximum absolute atomic E-state index is 13.1. The van der Waals surface area contributed by atoms with Crippen molar-refractivity contribution in [1.82, 2.24) is 0 Å². The van der Waals surface area contributed by atoms with E-state index in [4.69, 9.17) is 0 Å². The minimum absolute atomic E-state index is 0.217. The molecule has 1 rings (SSSR count). The normalized spacial score (nSPS) is 9.86. The highest BCUT2D eigenvalue weighted by Crippen LogP contribution is 2.16. The SMILES string of the molecule is C=CCCCNc1cccc(F)c1F. The Morgan fingerprint density at radius 3 is 2.86 bits per heavy atom. The van der Waals surface area contributed by atoms with E-state index in [1.807, 2.05) is 0 Å². The van der Waals surface area contributed by atoms with Crippen molar-refractivity contribution in [1.29, 1.82) is 0 Å². The first kappa shape index (κ1) is 10.7. The third kappa shape index (κ3) is 2.83. The number of hydrogen-bond donors (Lipinski definition) is 1. The molecule has 14 heavy (non-hydrogen) atoms. The summed E-state index contributed by atoms with van der Waals surface area (Å²) in [5.41, 5.74) is 0.217. The maximum atomic E-state index is 13.1. The molecule has 0 fully saturated rings. The van der Waals surface area contributed by atoms with Crippen LogP contribution in [0.1, 0.15) is 12.8 Å². The Bertz CT molecular complexity index is 310. The Kier molecular flexibility index (Phi) is 4.11. The van der Waals surface area contributed by atoms with Crippen LogP contribution in [0.2, 0.25) is 0 Å². The van der Waals surface area contributed by atoms with Crippen molar-refractivity contribution >= 4 is 5.69 Å². The Balaban J connectivity index is 2.50. The van der Waals surface area contributed by atoms with Crippen LogP contribution in [-0.2, 0) is 0 Å². The van der Waals surface area contributed by atoms with E-state index in [9.17, 15) is 8.78 Å². The van der Waals surface area contributed by atoms with E-state index in [0.717, 1.165) is 18.9 Å². The second-order valence-electron chi connectivity index (χ2n) is 2.96. The molecule has 0 bridgehead atoms.